The summed E-state index contributed by atoms with van der Waals surface area (Å²) >= 11 is 11.4. The van der Waals surface area contributed by atoms with Gasteiger partial charge in [-0.2, -0.15) is 13.2 Å². The van der Waals surface area contributed by atoms with Crippen LogP contribution in [0.3, 0.4) is 0 Å². The van der Waals surface area contributed by atoms with Crippen LogP contribution in [0.2, 0.25) is 10.0 Å². The second-order valence-electron chi connectivity index (χ2n) is 6.00. The number of benzene rings is 1. The van der Waals surface area contributed by atoms with Crippen molar-refractivity contribution >= 4 is 44.7 Å². The van der Waals surface area contributed by atoms with Gasteiger partial charge in [-0.15, -0.1) is 0 Å². The molecule has 0 unspecified atom stereocenters. The van der Waals surface area contributed by atoms with Crippen molar-refractivity contribution in [3.63, 3.8) is 0 Å². The summed E-state index contributed by atoms with van der Waals surface area (Å²) in [5.41, 5.74) is -2.43. The Morgan fingerprint density at radius 3 is 2.45 bits per heavy atom. The van der Waals surface area contributed by atoms with Crippen LogP contribution in [0.5, 0.6) is 5.88 Å². The molecule has 0 radical (unpaired) electrons. The van der Waals surface area contributed by atoms with Gasteiger partial charge in [-0.05, 0) is 30.3 Å². The predicted octanol–water partition coefficient (Wildman–Crippen LogP) is 4.54. The fourth-order valence-electron chi connectivity index (χ4n) is 2.46. The number of aromatic nitrogens is 2. The van der Waals surface area contributed by atoms with Gasteiger partial charge in [0.15, 0.2) is 0 Å². The summed E-state index contributed by atoms with van der Waals surface area (Å²) in [5.74, 6) is -1.32. The number of rotatable bonds is 5. The number of halogens is 5. The first-order chi connectivity index (χ1) is 14.4. The van der Waals surface area contributed by atoms with Crippen molar-refractivity contribution in [1.82, 2.24) is 9.97 Å². The van der Waals surface area contributed by atoms with Crippen molar-refractivity contribution in [1.29, 1.82) is 0 Å². The van der Waals surface area contributed by atoms with E-state index in [-0.39, 0.29) is 10.7 Å². The van der Waals surface area contributed by atoms with Crippen molar-refractivity contribution in [3.8, 4) is 5.88 Å². The molecule has 0 spiro atoms. The first-order valence-corrected chi connectivity index (χ1v) is 10.4. The summed E-state index contributed by atoms with van der Waals surface area (Å²) < 4.78 is 66.7. The Bertz CT molecular complexity index is 1280. The van der Waals surface area contributed by atoms with E-state index in [0.717, 1.165) is 24.4 Å². The number of nitrogens with one attached hydrogen (secondary N) is 1. The number of aromatic hydroxyl groups is 1. The van der Waals surface area contributed by atoms with Gasteiger partial charge in [0.05, 0.1) is 26.2 Å². The molecule has 0 aliphatic carbocycles. The SMILES string of the molecule is O=C(c1cccc(O)n1)c1ncc(Cl)cc1NS(=O)(=O)c1ccc(Cl)c(C(F)(F)F)c1. The van der Waals surface area contributed by atoms with Gasteiger partial charge in [0.1, 0.15) is 11.4 Å². The van der Waals surface area contributed by atoms with Crippen LogP contribution in [0, 0.1) is 0 Å². The van der Waals surface area contributed by atoms with E-state index in [2.05, 4.69) is 9.97 Å². The van der Waals surface area contributed by atoms with E-state index in [1.807, 2.05) is 4.72 Å². The monoisotopic (exact) mass is 491 g/mol. The van der Waals surface area contributed by atoms with Crippen LogP contribution in [-0.4, -0.2) is 29.3 Å². The Morgan fingerprint density at radius 1 is 1.10 bits per heavy atom. The highest BCUT2D eigenvalue weighted by Gasteiger charge is 2.34. The van der Waals surface area contributed by atoms with E-state index in [1.54, 1.807) is 0 Å². The summed E-state index contributed by atoms with van der Waals surface area (Å²) in [6.07, 6.45) is -3.82. The number of alkyl halides is 3. The van der Waals surface area contributed by atoms with Gasteiger partial charge in [-0.25, -0.2) is 18.4 Å². The molecule has 0 amide bonds. The fraction of sp³-hybridized carbons (Fsp3) is 0.0556. The summed E-state index contributed by atoms with van der Waals surface area (Å²) in [6.45, 7) is 0. The summed E-state index contributed by atoms with van der Waals surface area (Å²) in [5, 5.41) is 8.72. The molecule has 13 heteroatoms. The lowest BCUT2D eigenvalue weighted by molar-refractivity contribution is -0.137. The topological polar surface area (TPSA) is 109 Å². The maximum Gasteiger partial charge on any atom is 0.417 e. The molecule has 162 valence electrons. The second-order valence-corrected chi connectivity index (χ2v) is 8.53. The molecule has 0 aliphatic rings. The summed E-state index contributed by atoms with van der Waals surface area (Å²) in [7, 11) is -4.61. The molecule has 3 aromatic rings. The van der Waals surface area contributed by atoms with Crippen molar-refractivity contribution in [2.24, 2.45) is 0 Å². The summed E-state index contributed by atoms with van der Waals surface area (Å²) in [4.78, 5) is 19.4. The second kappa shape index (κ2) is 8.33. The number of pyridine rings is 2. The lowest BCUT2D eigenvalue weighted by Gasteiger charge is -2.14. The molecular weight excluding hydrogens is 482 g/mol. The van der Waals surface area contributed by atoms with Gasteiger partial charge in [0.25, 0.3) is 10.0 Å². The summed E-state index contributed by atoms with van der Waals surface area (Å²) in [6, 6.07) is 6.89. The number of carbonyl (C=O) groups is 1. The van der Waals surface area contributed by atoms with Crippen LogP contribution in [0.25, 0.3) is 0 Å². The lowest BCUT2D eigenvalue weighted by atomic mass is 10.1. The molecule has 3 rings (SSSR count). The van der Waals surface area contributed by atoms with Gasteiger partial charge < -0.3 is 5.11 Å². The number of ketones is 1. The molecule has 2 heterocycles. The third-order valence-corrected chi connectivity index (χ3v) is 5.73. The number of sulfonamides is 1. The fourth-order valence-corrected chi connectivity index (χ4v) is 3.93. The van der Waals surface area contributed by atoms with Crippen LogP contribution >= 0.6 is 23.2 Å². The van der Waals surface area contributed by atoms with Gasteiger partial charge in [0, 0.05) is 12.3 Å². The molecule has 31 heavy (non-hydrogen) atoms. The van der Waals surface area contributed by atoms with Crippen LogP contribution in [0.4, 0.5) is 18.9 Å². The van der Waals surface area contributed by atoms with Crippen LogP contribution in [-0.2, 0) is 16.2 Å². The van der Waals surface area contributed by atoms with E-state index in [4.69, 9.17) is 23.2 Å². The highest BCUT2D eigenvalue weighted by molar-refractivity contribution is 7.92. The van der Waals surface area contributed by atoms with E-state index in [9.17, 15) is 31.5 Å². The average molecular weight is 492 g/mol. The van der Waals surface area contributed by atoms with E-state index in [1.165, 1.54) is 18.2 Å². The number of nitrogens with zero attached hydrogens (tertiary/aromatic N) is 2. The van der Waals surface area contributed by atoms with Gasteiger partial charge in [0.2, 0.25) is 11.7 Å². The van der Waals surface area contributed by atoms with E-state index < -0.39 is 54.7 Å². The third kappa shape index (κ3) is 5.06. The van der Waals surface area contributed by atoms with Crippen molar-refractivity contribution < 1.29 is 31.5 Å². The molecule has 1 aromatic carbocycles. The van der Waals surface area contributed by atoms with E-state index in [0.29, 0.717) is 6.07 Å². The number of hydrogen-bond acceptors (Lipinski definition) is 6. The molecule has 0 saturated heterocycles. The molecule has 0 saturated carbocycles. The quantitative estimate of drug-likeness (QED) is 0.507. The molecule has 0 fully saturated rings. The Morgan fingerprint density at radius 2 is 1.81 bits per heavy atom. The maximum atomic E-state index is 13.1. The standard InChI is InChI=1S/C18H10Cl2F3N3O4S/c19-9-6-14(16(24-8-9)17(28)13-2-1-3-15(27)25-13)26-31(29,30)10-4-5-12(20)11(7-10)18(21,22)23/h1-8,26H,(H,25,27). The zero-order valence-electron chi connectivity index (χ0n) is 15.0. The van der Waals surface area contributed by atoms with Gasteiger partial charge in [-0.3, -0.25) is 9.52 Å². The van der Waals surface area contributed by atoms with Crippen molar-refractivity contribution in [3.05, 3.63) is 75.7 Å². The molecule has 7 nitrogen and oxygen atoms in total. The Kier molecular flexibility index (Phi) is 6.12. The molecule has 0 atom stereocenters. The van der Waals surface area contributed by atoms with Crippen LogP contribution in [0.1, 0.15) is 21.7 Å². The Balaban J connectivity index is 2.05. The van der Waals surface area contributed by atoms with E-state index >= 15 is 0 Å². The van der Waals surface area contributed by atoms with Crippen LogP contribution in [0.15, 0.2) is 53.6 Å². The minimum absolute atomic E-state index is 0.0507. The molecular formula is C18H10Cl2F3N3O4S. The molecule has 0 bridgehead atoms. The van der Waals surface area contributed by atoms with Gasteiger partial charge in [-0.1, -0.05) is 29.3 Å². The Hall–Kier alpha value is -2.89. The highest BCUT2D eigenvalue weighted by Crippen LogP contribution is 2.36. The minimum atomic E-state index is -4.89. The number of anilines is 1. The molecule has 2 aromatic heterocycles. The first-order valence-electron chi connectivity index (χ1n) is 8.14. The Labute approximate surface area is 183 Å². The zero-order chi connectivity index (χ0) is 23.0. The lowest BCUT2D eigenvalue weighted by Crippen LogP contribution is -2.18. The minimum Gasteiger partial charge on any atom is -0.493 e. The maximum absolute atomic E-state index is 13.1. The predicted molar refractivity (Wildman–Crippen MR) is 106 cm³/mol. The normalized spacial score (nSPS) is 11.9. The first kappa shape index (κ1) is 22.8. The van der Waals surface area contributed by atoms with Gasteiger partial charge >= 0.3 is 6.18 Å². The molecule has 2 N–H and O–H groups in total. The average Bonchev–Trinajstić information content (AvgIpc) is 2.66. The number of hydrogen-bond donors (Lipinski definition) is 2. The zero-order valence-corrected chi connectivity index (χ0v) is 17.3. The third-order valence-electron chi connectivity index (χ3n) is 3.83. The molecule has 0 aliphatic heterocycles. The number of carbonyl (C=O) groups excluding carboxylic acids is 1. The van der Waals surface area contributed by atoms with Crippen molar-refractivity contribution in [2.45, 2.75) is 11.1 Å². The van der Waals surface area contributed by atoms with Crippen LogP contribution < -0.4 is 4.72 Å². The van der Waals surface area contributed by atoms with Crippen molar-refractivity contribution in [2.75, 3.05) is 4.72 Å². The smallest absolute Gasteiger partial charge is 0.417 e. The largest absolute Gasteiger partial charge is 0.493 e. The highest BCUT2D eigenvalue weighted by atomic mass is 35.5.